The fraction of sp³-hybridized carbons (Fsp3) is 0.143. The molecule has 2 aromatic carbocycles. The highest BCUT2D eigenvalue weighted by atomic mass is 32.2. The summed E-state index contributed by atoms with van der Waals surface area (Å²) in [6.45, 7) is 2.02. The number of amides is 3. The number of hydrogen-bond donors (Lipinski definition) is 2. The first-order chi connectivity index (χ1) is 15.2. The standard InChI is InChI=1S/C21H18N4O5S2/c1-13-5-7-14(8-6-13)11-17-20(28)24(21(31)32-17)10-9-18(26)22-23-19(27)15-3-2-4-16(12-15)25(29)30/h2-8,11-12H,9-10H2,1H3,(H,22,26)(H,23,27)/b17-11+. The van der Waals surface area contributed by atoms with Gasteiger partial charge in [0, 0.05) is 30.7 Å². The molecule has 0 aromatic heterocycles. The van der Waals surface area contributed by atoms with Crippen molar-refractivity contribution in [1.82, 2.24) is 15.8 Å². The third-order valence-electron chi connectivity index (χ3n) is 4.45. The molecule has 9 nitrogen and oxygen atoms in total. The monoisotopic (exact) mass is 470 g/mol. The average Bonchev–Trinajstić information content (AvgIpc) is 3.04. The molecule has 3 amide bonds. The molecule has 0 spiro atoms. The number of aryl methyl sites for hydroxylation is 1. The zero-order valence-electron chi connectivity index (χ0n) is 16.9. The lowest BCUT2D eigenvalue weighted by molar-refractivity contribution is -0.384. The molecule has 2 N–H and O–H groups in total. The highest BCUT2D eigenvalue weighted by Gasteiger charge is 2.32. The highest BCUT2D eigenvalue weighted by molar-refractivity contribution is 8.26. The van der Waals surface area contributed by atoms with Gasteiger partial charge in [0.05, 0.1) is 9.83 Å². The summed E-state index contributed by atoms with van der Waals surface area (Å²) < 4.78 is 0.349. The van der Waals surface area contributed by atoms with E-state index in [1.54, 1.807) is 6.08 Å². The second-order valence-corrected chi connectivity index (χ2v) is 8.48. The summed E-state index contributed by atoms with van der Waals surface area (Å²) in [5, 5.41) is 10.8. The molecular formula is C21H18N4O5S2. The number of rotatable bonds is 6. The highest BCUT2D eigenvalue weighted by Crippen LogP contribution is 2.32. The molecule has 1 saturated heterocycles. The number of carbonyl (C=O) groups excluding carboxylic acids is 3. The van der Waals surface area contributed by atoms with Gasteiger partial charge in [-0.15, -0.1) is 0 Å². The van der Waals surface area contributed by atoms with Gasteiger partial charge in [-0.05, 0) is 24.6 Å². The second kappa shape index (κ2) is 10.2. The first kappa shape index (κ1) is 23.1. The Morgan fingerprint density at radius 1 is 1.19 bits per heavy atom. The lowest BCUT2D eigenvalue weighted by atomic mass is 10.1. The Balaban J connectivity index is 1.52. The number of thiocarbonyl (C=S) groups is 1. The number of nitro groups is 1. The molecule has 0 atom stereocenters. The summed E-state index contributed by atoms with van der Waals surface area (Å²) in [4.78, 5) is 48.8. The number of hydrazine groups is 1. The lowest BCUT2D eigenvalue weighted by Gasteiger charge is -2.14. The molecule has 32 heavy (non-hydrogen) atoms. The molecule has 1 heterocycles. The molecule has 0 aliphatic carbocycles. The molecule has 1 aliphatic rings. The average molecular weight is 471 g/mol. The van der Waals surface area contributed by atoms with Crippen LogP contribution in [0.3, 0.4) is 0 Å². The molecule has 11 heteroatoms. The van der Waals surface area contributed by atoms with Crippen molar-refractivity contribution >= 4 is 57.8 Å². The Hall–Kier alpha value is -3.57. The van der Waals surface area contributed by atoms with Crippen LogP contribution in [-0.2, 0) is 9.59 Å². The van der Waals surface area contributed by atoms with E-state index in [4.69, 9.17) is 12.2 Å². The van der Waals surface area contributed by atoms with Gasteiger partial charge < -0.3 is 0 Å². The molecule has 0 bridgehead atoms. The maximum atomic E-state index is 12.6. The number of carbonyl (C=O) groups is 3. The summed E-state index contributed by atoms with van der Waals surface area (Å²) in [6.07, 6.45) is 1.65. The fourth-order valence-electron chi connectivity index (χ4n) is 2.74. The van der Waals surface area contributed by atoms with Crippen LogP contribution in [0.1, 0.15) is 27.9 Å². The zero-order chi connectivity index (χ0) is 23.3. The van der Waals surface area contributed by atoms with Crippen molar-refractivity contribution in [2.45, 2.75) is 13.3 Å². The van der Waals surface area contributed by atoms with Crippen LogP contribution in [0, 0.1) is 17.0 Å². The SMILES string of the molecule is Cc1ccc(/C=C2/SC(=S)N(CCC(=O)NNC(=O)c3cccc([N+](=O)[O-])c3)C2=O)cc1. The van der Waals surface area contributed by atoms with E-state index >= 15 is 0 Å². The minimum absolute atomic E-state index is 0.0256. The lowest BCUT2D eigenvalue weighted by Crippen LogP contribution is -2.43. The van der Waals surface area contributed by atoms with Crippen LogP contribution in [0.25, 0.3) is 6.08 Å². The largest absolute Gasteiger partial charge is 0.292 e. The van der Waals surface area contributed by atoms with Gasteiger partial charge in [0.2, 0.25) is 5.91 Å². The molecule has 164 valence electrons. The number of nitrogens with zero attached hydrogens (tertiary/aromatic N) is 2. The van der Waals surface area contributed by atoms with E-state index < -0.39 is 16.7 Å². The van der Waals surface area contributed by atoms with E-state index in [1.165, 1.54) is 23.1 Å². The zero-order valence-corrected chi connectivity index (χ0v) is 18.5. The normalized spacial score (nSPS) is 14.5. The minimum Gasteiger partial charge on any atom is -0.292 e. The molecule has 0 unspecified atom stereocenters. The van der Waals surface area contributed by atoms with Gasteiger partial charge >= 0.3 is 0 Å². The number of hydrogen-bond acceptors (Lipinski definition) is 7. The molecule has 0 saturated carbocycles. The van der Waals surface area contributed by atoms with Crippen LogP contribution in [0.5, 0.6) is 0 Å². The van der Waals surface area contributed by atoms with Gasteiger partial charge in [-0.2, -0.15) is 0 Å². The number of nitro benzene ring substituents is 1. The number of non-ortho nitro benzene ring substituents is 1. The number of thioether (sulfide) groups is 1. The Bertz CT molecular complexity index is 1130. The summed E-state index contributed by atoms with van der Waals surface area (Å²) in [5.41, 5.74) is 6.19. The fourth-order valence-corrected chi connectivity index (χ4v) is 4.05. The van der Waals surface area contributed by atoms with Crippen molar-refractivity contribution in [3.63, 3.8) is 0 Å². The minimum atomic E-state index is -0.700. The van der Waals surface area contributed by atoms with Gasteiger partial charge in [-0.3, -0.25) is 40.2 Å². The Morgan fingerprint density at radius 2 is 1.91 bits per heavy atom. The summed E-state index contributed by atoms with van der Waals surface area (Å²) in [7, 11) is 0. The van der Waals surface area contributed by atoms with Gasteiger partial charge in [-0.25, -0.2) is 0 Å². The predicted molar refractivity (Wildman–Crippen MR) is 124 cm³/mol. The third-order valence-corrected chi connectivity index (χ3v) is 5.82. The van der Waals surface area contributed by atoms with Gasteiger partial charge in [0.25, 0.3) is 17.5 Å². The van der Waals surface area contributed by atoms with E-state index in [2.05, 4.69) is 10.9 Å². The summed E-state index contributed by atoms with van der Waals surface area (Å²) >= 11 is 6.42. The van der Waals surface area contributed by atoms with E-state index in [-0.39, 0.29) is 30.1 Å². The molecule has 1 fully saturated rings. The van der Waals surface area contributed by atoms with Crippen LogP contribution in [0.2, 0.25) is 0 Å². The van der Waals surface area contributed by atoms with Crippen molar-refractivity contribution in [3.8, 4) is 0 Å². The van der Waals surface area contributed by atoms with E-state index in [0.29, 0.717) is 9.23 Å². The smallest absolute Gasteiger partial charge is 0.270 e. The maximum absolute atomic E-state index is 12.6. The van der Waals surface area contributed by atoms with Crippen molar-refractivity contribution in [1.29, 1.82) is 0 Å². The van der Waals surface area contributed by atoms with Gasteiger partial charge in [0.15, 0.2) is 0 Å². The summed E-state index contributed by atoms with van der Waals surface area (Å²) in [6, 6.07) is 12.8. The number of nitrogens with one attached hydrogen (secondary N) is 2. The first-order valence-electron chi connectivity index (χ1n) is 9.40. The van der Waals surface area contributed by atoms with Crippen LogP contribution in [0.15, 0.2) is 53.4 Å². The van der Waals surface area contributed by atoms with E-state index in [0.717, 1.165) is 29.0 Å². The van der Waals surface area contributed by atoms with Crippen LogP contribution < -0.4 is 10.9 Å². The van der Waals surface area contributed by atoms with Crippen molar-refractivity contribution in [2.24, 2.45) is 0 Å². The Kier molecular flexibility index (Phi) is 7.33. The van der Waals surface area contributed by atoms with Crippen molar-refractivity contribution in [3.05, 3.63) is 80.2 Å². The maximum Gasteiger partial charge on any atom is 0.270 e. The molecular weight excluding hydrogens is 452 g/mol. The topological polar surface area (TPSA) is 122 Å². The van der Waals surface area contributed by atoms with Gasteiger partial charge in [0.1, 0.15) is 4.32 Å². The quantitative estimate of drug-likeness (QED) is 0.288. The van der Waals surface area contributed by atoms with Crippen LogP contribution in [0.4, 0.5) is 5.69 Å². The first-order valence-corrected chi connectivity index (χ1v) is 10.6. The van der Waals surface area contributed by atoms with E-state index in [9.17, 15) is 24.5 Å². The van der Waals surface area contributed by atoms with E-state index in [1.807, 2.05) is 31.2 Å². The van der Waals surface area contributed by atoms with Crippen molar-refractivity contribution in [2.75, 3.05) is 6.54 Å². The van der Waals surface area contributed by atoms with Crippen LogP contribution in [-0.4, -0.2) is 38.4 Å². The molecule has 0 radical (unpaired) electrons. The number of benzene rings is 2. The predicted octanol–water partition coefficient (Wildman–Crippen LogP) is 2.96. The molecule has 3 rings (SSSR count). The second-order valence-electron chi connectivity index (χ2n) is 6.80. The molecule has 1 aliphatic heterocycles. The van der Waals surface area contributed by atoms with Crippen molar-refractivity contribution < 1.29 is 19.3 Å². The Morgan fingerprint density at radius 3 is 2.59 bits per heavy atom. The Labute approximate surface area is 193 Å². The molecule has 2 aromatic rings. The third kappa shape index (κ3) is 5.77. The summed E-state index contributed by atoms with van der Waals surface area (Å²) in [5.74, 6) is -1.52. The van der Waals surface area contributed by atoms with Crippen LogP contribution >= 0.6 is 24.0 Å². The van der Waals surface area contributed by atoms with Gasteiger partial charge in [-0.1, -0.05) is 59.9 Å².